The van der Waals surface area contributed by atoms with Crippen LogP contribution in [0.2, 0.25) is 0 Å². The molecule has 2 heterocycles. The van der Waals surface area contributed by atoms with Crippen molar-refractivity contribution < 1.29 is 33.5 Å². The Balaban J connectivity index is 1.25. The number of hydrogen-bond acceptors (Lipinski definition) is 9. The Morgan fingerprint density at radius 2 is 1.57 bits per heavy atom. The van der Waals surface area contributed by atoms with Gasteiger partial charge in [-0.15, -0.1) is 5.06 Å². The summed E-state index contributed by atoms with van der Waals surface area (Å²) in [6, 6.07) is 15.5. The van der Waals surface area contributed by atoms with E-state index in [1.807, 2.05) is 51.1 Å². The topological polar surface area (TPSA) is 148 Å². The first-order valence-corrected chi connectivity index (χ1v) is 17.6. The molecule has 11 heteroatoms. The summed E-state index contributed by atoms with van der Waals surface area (Å²) in [4.78, 5) is 70.3. The van der Waals surface area contributed by atoms with Crippen molar-refractivity contribution in [1.29, 1.82) is 0 Å². The van der Waals surface area contributed by atoms with Crippen molar-refractivity contribution in [2.24, 2.45) is 17.6 Å². The van der Waals surface area contributed by atoms with Crippen molar-refractivity contribution in [2.45, 2.75) is 109 Å². The van der Waals surface area contributed by atoms with Gasteiger partial charge in [-0.3, -0.25) is 24.1 Å². The molecule has 1 unspecified atom stereocenters. The maximum Gasteiger partial charge on any atom is 0.363 e. The first-order chi connectivity index (χ1) is 23.4. The predicted molar refractivity (Wildman–Crippen MR) is 183 cm³/mol. The Morgan fingerprint density at radius 3 is 2.22 bits per heavy atom. The number of rotatable bonds is 12. The van der Waals surface area contributed by atoms with Crippen LogP contribution in [0.4, 0.5) is 0 Å². The molecule has 3 N–H and O–H groups in total. The lowest BCUT2D eigenvalue weighted by Crippen LogP contribution is -2.60. The maximum absolute atomic E-state index is 13.7. The van der Waals surface area contributed by atoms with Gasteiger partial charge in [-0.05, 0) is 81.5 Å². The van der Waals surface area contributed by atoms with E-state index in [0.29, 0.717) is 36.3 Å². The number of esters is 1. The number of carbonyl (C=O) groups is 5. The number of amides is 3. The summed E-state index contributed by atoms with van der Waals surface area (Å²) in [7, 11) is 0. The van der Waals surface area contributed by atoms with Crippen LogP contribution in [0.15, 0.2) is 54.6 Å². The molecule has 3 fully saturated rings. The molecule has 2 aromatic rings. The van der Waals surface area contributed by atoms with Crippen LogP contribution in [0.1, 0.15) is 93.6 Å². The van der Waals surface area contributed by atoms with Crippen LogP contribution in [0.25, 0.3) is 0 Å². The Morgan fingerprint density at radius 1 is 0.918 bits per heavy atom. The number of ether oxygens (including phenoxy) is 1. The normalized spacial score (nSPS) is 22.6. The van der Waals surface area contributed by atoms with Crippen molar-refractivity contribution >= 4 is 29.7 Å². The molecule has 0 spiro atoms. The predicted octanol–water partition coefficient (Wildman–Crippen LogP) is 4.12. The van der Waals surface area contributed by atoms with Crippen molar-refractivity contribution in [3.05, 3.63) is 71.3 Å². The van der Waals surface area contributed by atoms with Gasteiger partial charge in [0.2, 0.25) is 5.91 Å². The summed E-state index contributed by atoms with van der Waals surface area (Å²) in [6.45, 7) is 7.09. The fraction of sp³-hybridized carbons (Fsp3) is 0.553. The van der Waals surface area contributed by atoms with Crippen molar-refractivity contribution in [2.75, 3.05) is 13.1 Å². The highest BCUT2D eigenvalue weighted by Crippen LogP contribution is 2.39. The third-order valence-electron chi connectivity index (χ3n) is 9.78. The van der Waals surface area contributed by atoms with Gasteiger partial charge in [0.25, 0.3) is 11.8 Å². The van der Waals surface area contributed by atoms with Crippen LogP contribution in [-0.2, 0) is 41.6 Å². The molecule has 2 aliphatic heterocycles. The largest absolute Gasteiger partial charge is 0.459 e. The van der Waals surface area contributed by atoms with Gasteiger partial charge >= 0.3 is 11.9 Å². The fourth-order valence-corrected chi connectivity index (χ4v) is 7.21. The number of aryl methyl sites for hydroxylation is 1. The second-order valence-electron chi connectivity index (χ2n) is 14.8. The molecule has 0 radical (unpaired) electrons. The van der Waals surface area contributed by atoms with Crippen LogP contribution in [-0.4, -0.2) is 76.4 Å². The third-order valence-corrected chi connectivity index (χ3v) is 9.78. The van der Waals surface area contributed by atoms with Gasteiger partial charge in [0.15, 0.2) is 0 Å². The second-order valence-corrected chi connectivity index (χ2v) is 14.8. The van der Waals surface area contributed by atoms with Crippen LogP contribution in [0.3, 0.4) is 0 Å². The van der Waals surface area contributed by atoms with Gasteiger partial charge < -0.3 is 20.6 Å². The lowest BCUT2D eigenvalue weighted by Gasteiger charge is -2.47. The zero-order valence-corrected chi connectivity index (χ0v) is 28.9. The second kappa shape index (κ2) is 16.1. The minimum absolute atomic E-state index is 0.00388. The first-order valence-electron chi connectivity index (χ1n) is 17.6. The Kier molecular flexibility index (Phi) is 11.9. The van der Waals surface area contributed by atoms with Gasteiger partial charge in [-0.2, -0.15) is 0 Å². The van der Waals surface area contributed by atoms with Crippen molar-refractivity contribution in [3.8, 4) is 0 Å². The molecule has 49 heavy (non-hydrogen) atoms. The Labute approximate surface area is 288 Å². The smallest absolute Gasteiger partial charge is 0.363 e. The molecule has 1 saturated carbocycles. The van der Waals surface area contributed by atoms with Crippen LogP contribution < -0.4 is 11.1 Å². The average Bonchev–Trinajstić information content (AvgIpc) is 3.38. The fourth-order valence-electron chi connectivity index (χ4n) is 7.21. The molecule has 2 aromatic carbocycles. The van der Waals surface area contributed by atoms with Gasteiger partial charge in [0.1, 0.15) is 6.10 Å². The number of imide groups is 1. The Hall–Kier alpha value is -4.09. The number of likely N-dealkylation sites (tertiary alicyclic amines) is 1. The first kappa shape index (κ1) is 36.2. The minimum Gasteiger partial charge on any atom is -0.459 e. The molecular formula is C38H50N4O7. The van der Waals surface area contributed by atoms with E-state index in [4.69, 9.17) is 15.3 Å². The zero-order valence-electron chi connectivity index (χ0n) is 28.9. The summed E-state index contributed by atoms with van der Waals surface area (Å²) >= 11 is 0. The number of hydroxylamine groups is 2. The number of hydrogen-bond donors (Lipinski definition) is 2. The third kappa shape index (κ3) is 9.98. The van der Waals surface area contributed by atoms with E-state index in [1.165, 1.54) is 25.0 Å². The molecule has 3 amide bonds. The highest BCUT2D eigenvalue weighted by Gasteiger charge is 2.42. The van der Waals surface area contributed by atoms with Crippen LogP contribution in [0, 0.1) is 11.8 Å². The van der Waals surface area contributed by atoms with Crippen molar-refractivity contribution in [3.63, 3.8) is 0 Å². The van der Waals surface area contributed by atoms with Gasteiger partial charge in [0.05, 0.1) is 11.6 Å². The number of benzene rings is 2. The zero-order chi connectivity index (χ0) is 35.1. The minimum atomic E-state index is -0.809. The highest BCUT2D eigenvalue weighted by atomic mass is 16.7. The van der Waals surface area contributed by atoms with Gasteiger partial charge in [0, 0.05) is 43.9 Å². The number of carbonyl (C=O) groups excluding carboxylic acids is 5. The van der Waals surface area contributed by atoms with E-state index in [0.717, 1.165) is 36.9 Å². The number of piperidine rings is 1. The summed E-state index contributed by atoms with van der Waals surface area (Å²) in [5, 5.41) is 3.70. The van der Waals surface area contributed by atoms with Crippen LogP contribution >= 0.6 is 0 Å². The molecular weight excluding hydrogens is 624 g/mol. The van der Waals surface area contributed by atoms with E-state index in [-0.39, 0.29) is 42.3 Å². The van der Waals surface area contributed by atoms with E-state index in [9.17, 15) is 24.0 Å². The molecule has 264 valence electrons. The van der Waals surface area contributed by atoms with E-state index < -0.39 is 35.9 Å². The quantitative estimate of drug-likeness (QED) is 0.251. The SMILES string of the molecule is CC(C)(C)NC(=O)[C@@H]1C[C@@H]2CCCCC2CN1C[C@@H](OC(=O)CCc1ccc(C(=O)ON2C(=O)CCC2=O)cc1)[C@@H](N)Cc1ccccc1. The molecule has 2 saturated heterocycles. The molecule has 11 nitrogen and oxygen atoms in total. The molecule has 1 aliphatic carbocycles. The maximum atomic E-state index is 13.7. The number of fused-ring (bicyclic) bond motifs is 1. The summed E-state index contributed by atoms with van der Waals surface area (Å²) in [6.07, 6.45) is 5.84. The van der Waals surface area contributed by atoms with Gasteiger partial charge in [-0.25, -0.2) is 4.79 Å². The van der Waals surface area contributed by atoms with Gasteiger partial charge in [-0.1, -0.05) is 61.7 Å². The highest BCUT2D eigenvalue weighted by molar-refractivity contribution is 6.02. The molecule has 0 aromatic heterocycles. The van der Waals surface area contributed by atoms with E-state index in [2.05, 4.69) is 10.2 Å². The summed E-state index contributed by atoms with van der Waals surface area (Å²) in [5.74, 6) is -1.27. The molecule has 3 aliphatic rings. The lowest BCUT2D eigenvalue weighted by atomic mass is 9.72. The molecule has 5 atom stereocenters. The summed E-state index contributed by atoms with van der Waals surface area (Å²) < 4.78 is 6.15. The summed E-state index contributed by atoms with van der Waals surface area (Å²) in [5.41, 5.74) is 8.45. The monoisotopic (exact) mass is 674 g/mol. The number of nitrogens with zero attached hydrogens (tertiary/aromatic N) is 2. The van der Waals surface area contributed by atoms with Crippen LogP contribution in [0.5, 0.6) is 0 Å². The van der Waals surface area contributed by atoms with Crippen molar-refractivity contribution in [1.82, 2.24) is 15.3 Å². The molecule has 0 bridgehead atoms. The van der Waals surface area contributed by atoms with E-state index in [1.54, 1.807) is 12.1 Å². The Bertz CT molecular complexity index is 1470. The standard InChI is InChI=1S/C38H50N4O7/c1-38(2,3)40-36(46)31-22-28-11-7-8-12-29(28)23-41(31)24-32(30(39)21-26-9-5-4-6-10-26)48-35(45)20-15-25-13-16-27(17-14-25)37(47)49-42-33(43)18-19-34(42)44/h4-6,9-10,13-14,16-17,28-32H,7-8,11-12,15,18-24,39H2,1-3H3,(H,40,46)/t28-,29?,30-,31-,32+/m0/s1. The molecule has 5 rings (SSSR count). The average molecular weight is 675 g/mol. The van der Waals surface area contributed by atoms with E-state index >= 15 is 0 Å². The lowest BCUT2D eigenvalue weighted by molar-refractivity contribution is -0.172. The number of nitrogens with two attached hydrogens (primary N) is 1. The number of nitrogens with one attached hydrogen (secondary N) is 1.